The fourth-order valence-electron chi connectivity index (χ4n) is 2.82. The number of nitriles is 1. The van der Waals surface area contributed by atoms with Crippen LogP contribution in [0.2, 0.25) is 0 Å². The molecule has 0 atom stereocenters. The summed E-state index contributed by atoms with van der Waals surface area (Å²) in [6, 6.07) is 6.60. The van der Waals surface area contributed by atoms with Crippen LogP contribution in [0.15, 0.2) is 18.2 Å². The number of nitrogens with zero attached hydrogens (tertiary/aromatic N) is 4. The van der Waals surface area contributed by atoms with Gasteiger partial charge in [-0.25, -0.2) is 4.39 Å². The average Bonchev–Trinajstić information content (AvgIpc) is 2.59. The molecule has 0 saturated carbocycles. The largest absolute Gasteiger partial charge is 0.367 e. The number of likely N-dealkylation sites (N-methyl/N-ethyl adjacent to an activating group) is 1. The van der Waals surface area contributed by atoms with Gasteiger partial charge in [0.1, 0.15) is 17.4 Å². The molecule has 1 amide bonds. The third-order valence-corrected chi connectivity index (χ3v) is 4.33. The van der Waals surface area contributed by atoms with Crippen LogP contribution < -0.4 is 4.90 Å². The SMILES string of the molecule is CCN(CC)CC(=O)N1CCN(c2cccc(F)c2C#N)CC1. The van der Waals surface area contributed by atoms with Gasteiger partial charge in [-0.05, 0) is 25.2 Å². The number of halogens is 1. The minimum absolute atomic E-state index is 0.0791. The second-order valence-electron chi connectivity index (χ2n) is 5.57. The Morgan fingerprint density at radius 3 is 2.48 bits per heavy atom. The van der Waals surface area contributed by atoms with Crippen LogP contribution in [0.3, 0.4) is 0 Å². The van der Waals surface area contributed by atoms with Crippen LogP contribution in [0.4, 0.5) is 10.1 Å². The Morgan fingerprint density at radius 1 is 1.26 bits per heavy atom. The fraction of sp³-hybridized carbons (Fsp3) is 0.529. The van der Waals surface area contributed by atoms with Crippen molar-refractivity contribution in [3.8, 4) is 6.07 Å². The van der Waals surface area contributed by atoms with Gasteiger partial charge in [0.15, 0.2) is 0 Å². The first kappa shape index (κ1) is 17.2. The van der Waals surface area contributed by atoms with Crippen molar-refractivity contribution < 1.29 is 9.18 Å². The lowest BCUT2D eigenvalue weighted by Crippen LogP contribution is -2.51. The maximum atomic E-state index is 13.7. The van der Waals surface area contributed by atoms with Gasteiger partial charge in [0.25, 0.3) is 0 Å². The van der Waals surface area contributed by atoms with Crippen LogP contribution in [0.5, 0.6) is 0 Å². The van der Waals surface area contributed by atoms with Crippen molar-refractivity contribution in [2.75, 3.05) is 50.7 Å². The zero-order valence-electron chi connectivity index (χ0n) is 13.8. The Hall–Kier alpha value is -2.13. The molecular formula is C17H23FN4O. The van der Waals surface area contributed by atoms with Crippen LogP contribution in [0, 0.1) is 17.1 Å². The molecule has 1 heterocycles. The van der Waals surface area contributed by atoms with E-state index in [4.69, 9.17) is 5.26 Å². The number of benzene rings is 1. The Balaban J connectivity index is 1.98. The van der Waals surface area contributed by atoms with Gasteiger partial charge in [0, 0.05) is 26.2 Å². The lowest BCUT2D eigenvalue weighted by atomic mass is 10.1. The molecule has 1 aliphatic heterocycles. The number of hydrogen-bond donors (Lipinski definition) is 0. The molecule has 1 saturated heterocycles. The van der Waals surface area contributed by atoms with Crippen LogP contribution in [0.25, 0.3) is 0 Å². The standard InChI is InChI=1S/C17H23FN4O/c1-3-20(4-2)13-17(23)22-10-8-21(9-11-22)16-7-5-6-15(18)14(16)12-19/h5-7H,3-4,8-11,13H2,1-2H3. The molecule has 6 heteroatoms. The normalized spacial score (nSPS) is 14.9. The summed E-state index contributed by atoms with van der Waals surface area (Å²) in [5.41, 5.74) is 0.693. The minimum Gasteiger partial charge on any atom is -0.367 e. The Morgan fingerprint density at radius 2 is 1.91 bits per heavy atom. The highest BCUT2D eigenvalue weighted by molar-refractivity contribution is 5.78. The summed E-state index contributed by atoms with van der Waals surface area (Å²) >= 11 is 0. The van der Waals surface area contributed by atoms with Crippen molar-refractivity contribution in [1.29, 1.82) is 5.26 Å². The van der Waals surface area contributed by atoms with E-state index in [9.17, 15) is 9.18 Å². The smallest absolute Gasteiger partial charge is 0.236 e. The molecule has 0 aliphatic carbocycles. The van der Waals surface area contributed by atoms with Crippen LogP contribution in [-0.4, -0.2) is 61.5 Å². The van der Waals surface area contributed by atoms with Gasteiger partial charge in [0.05, 0.1) is 12.2 Å². The summed E-state index contributed by atoms with van der Waals surface area (Å²) < 4.78 is 13.7. The van der Waals surface area contributed by atoms with E-state index in [-0.39, 0.29) is 11.5 Å². The number of amides is 1. The summed E-state index contributed by atoms with van der Waals surface area (Å²) in [4.78, 5) is 18.2. The number of hydrogen-bond acceptors (Lipinski definition) is 4. The van der Waals surface area contributed by atoms with E-state index in [1.54, 1.807) is 12.1 Å². The molecule has 0 radical (unpaired) electrons. The first-order valence-corrected chi connectivity index (χ1v) is 8.04. The molecule has 5 nitrogen and oxygen atoms in total. The molecule has 1 aromatic carbocycles. The second-order valence-corrected chi connectivity index (χ2v) is 5.57. The lowest BCUT2D eigenvalue weighted by Gasteiger charge is -2.37. The molecule has 0 bridgehead atoms. The third kappa shape index (κ3) is 3.99. The number of carbonyl (C=O) groups is 1. The monoisotopic (exact) mass is 318 g/mol. The van der Waals surface area contributed by atoms with Crippen molar-refractivity contribution >= 4 is 11.6 Å². The van der Waals surface area contributed by atoms with E-state index in [1.165, 1.54) is 6.07 Å². The Bertz CT molecular complexity index is 587. The molecule has 0 N–H and O–H groups in total. The Kier molecular flexibility index (Phi) is 5.94. The topological polar surface area (TPSA) is 50.6 Å². The van der Waals surface area contributed by atoms with Crippen LogP contribution in [-0.2, 0) is 4.79 Å². The molecule has 0 unspecified atom stereocenters. The fourth-order valence-corrected chi connectivity index (χ4v) is 2.82. The molecular weight excluding hydrogens is 295 g/mol. The highest BCUT2D eigenvalue weighted by Crippen LogP contribution is 2.23. The van der Waals surface area contributed by atoms with Crippen molar-refractivity contribution in [1.82, 2.24) is 9.80 Å². The zero-order chi connectivity index (χ0) is 16.8. The number of piperazine rings is 1. The number of carbonyl (C=O) groups excluding carboxylic acids is 1. The van der Waals surface area contributed by atoms with Crippen molar-refractivity contribution in [2.24, 2.45) is 0 Å². The van der Waals surface area contributed by atoms with Crippen molar-refractivity contribution in [2.45, 2.75) is 13.8 Å². The van der Waals surface area contributed by atoms with Crippen molar-refractivity contribution in [3.63, 3.8) is 0 Å². The van der Waals surface area contributed by atoms with Crippen molar-refractivity contribution in [3.05, 3.63) is 29.6 Å². The maximum Gasteiger partial charge on any atom is 0.236 e. The summed E-state index contributed by atoms with van der Waals surface area (Å²) in [6.45, 7) is 8.67. The van der Waals surface area contributed by atoms with Gasteiger partial charge in [-0.3, -0.25) is 9.69 Å². The summed E-state index contributed by atoms with van der Waals surface area (Å²) in [6.07, 6.45) is 0. The van der Waals surface area contributed by atoms with Gasteiger partial charge < -0.3 is 9.80 Å². The minimum atomic E-state index is -0.495. The predicted octanol–water partition coefficient (Wildman–Crippen LogP) is 1.69. The molecule has 124 valence electrons. The highest BCUT2D eigenvalue weighted by Gasteiger charge is 2.24. The summed E-state index contributed by atoms with van der Waals surface area (Å²) in [5.74, 6) is -0.363. The quantitative estimate of drug-likeness (QED) is 0.829. The molecule has 1 aromatic rings. The molecule has 1 fully saturated rings. The summed E-state index contributed by atoms with van der Waals surface area (Å²) in [7, 11) is 0. The Labute approximate surface area is 136 Å². The summed E-state index contributed by atoms with van der Waals surface area (Å²) in [5, 5.41) is 9.14. The third-order valence-electron chi connectivity index (χ3n) is 4.33. The van der Waals surface area contributed by atoms with E-state index in [2.05, 4.69) is 4.90 Å². The van der Waals surface area contributed by atoms with E-state index in [0.717, 1.165) is 13.1 Å². The van der Waals surface area contributed by atoms with Gasteiger partial charge in [-0.15, -0.1) is 0 Å². The molecule has 1 aliphatic rings. The average molecular weight is 318 g/mol. The first-order valence-electron chi connectivity index (χ1n) is 8.04. The number of anilines is 1. The van der Waals surface area contributed by atoms with Gasteiger partial charge in [-0.1, -0.05) is 19.9 Å². The van der Waals surface area contributed by atoms with Gasteiger partial charge in [0.2, 0.25) is 5.91 Å². The van der Waals surface area contributed by atoms with E-state index in [0.29, 0.717) is 38.4 Å². The lowest BCUT2D eigenvalue weighted by molar-refractivity contribution is -0.132. The second kappa shape index (κ2) is 7.93. The van der Waals surface area contributed by atoms with Crippen LogP contribution >= 0.6 is 0 Å². The van der Waals surface area contributed by atoms with E-state index < -0.39 is 5.82 Å². The van der Waals surface area contributed by atoms with Gasteiger partial charge >= 0.3 is 0 Å². The highest BCUT2D eigenvalue weighted by atomic mass is 19.1. The molecule has 0 spiro atoms. The van der Waals surface area contributed by atoms with Crippen LogP contribution in [0.1, 0.15) is 19.4 Å². The maximum absolute atomic E-state index is 13.7. The van der Waals surface area contributed by atoms with E-state index in [1.807, 2.05) is 29.7 Å². The molecule has 0 aromatic heterocycles. The van der Waals surface area contributed by atoms with E-state index >= 15 is 0 Å². The van der Waals surface area contributed by atoms with Gasteiger partial charge in [-0.2, -0.15) is 5.26 Å². The predicted molar refractivity (Wildman–Crippen MR) is 87.7 cm³/mol. The molecule has 2 rings (SSSR count). The number of rotatable bonds is 5. The zero-order valence-corrected chi connectivity index (χ0v) is 13.8. The molecule has 23 heavy (non-hydrogen) atoms. The first-order chi connectivity index (χ1) is 11.1.